The first-order chi connectivity index (χ1) is 8.24. The Labute approximate surface area is 111 Å². The van der Waals surface area contributed by atoms with E-state index in [4.69, 9.17) is 23.2 Å². The maximum atomic E-state index is 6.08. The van der Waals surface area contributed by atoms with Gasteiger partial charge in [0.25, 0.3) is 0 Å². The second-order valence-electron chi connectivity index (χ2n) is 4.62. The second kappa shape index (κ2) is 4.59. The third-order valence-corrected chi connectivity index (χ3v) is 4.08. The van der Waals surface area contributed by atoms with Crippen LogP contribution in [0.2, 0.25) is 10.3 Å². The van der Waals surface area contributed by atoms with Gasteiger partial charge in [-0.25, -0.2) is 0 Å². The van der Waals surface area contributed by atoms with Gasteiger partial charge < -0.3 is 4.90 Å². The van der Waals surface area contributed by atoms with Gasteiger partial charge in [0.1, 0.15) is 0 Å². The highest BCUT2D eigenvalue weighted by Gasteiger charge is 2.31. The molecule has 1 aromatic rings. The lowest BCUT2D eigenvalue weighted by atomic mass is 10.1. The van der Waals surface area contributed by atoms with Crippen molar-refractivity contribution in [3.63, 3.8) is 0 Å². The summed E-state index contributed by atoms with van der Waals surface area (Å²) in [6, 6.07) is 2.47. The highest BCUT2D eigenvalue weighted by molar-refractivity contribution is 6.33. The van der Waals surface area contributed by atoms with Crippen molar-refractivity contribution in [2.75, 3.05) is 31.1 Å². The van der Waals surface area contributed by atoms with Gasteiger partial charge in [0.2, 0.25) is 0 Å². The maximum absolute atomic E-state index is 6.08. The van der Waals surface area contributed by atoms with Gasteiger partial charge in [0.15, 0.2) is 10.3 Å². The van der Waals surface area contributed by atoms with Gasteiger partial charge in [0, 0.05) is 31.7 Å². The van der Waals surface area contributed by atoms with Crippen molar-refractivity contribution in [3.05, 3.63) is 16.4 Å². The fourth-order valence-electron chi connectivity index (χ4n) is 2.78. The SMILES string of the molecule is Clc1cc(N2CCN3CCCC3C2)c(Cl)nn1. The smallest absolute Gasteiger partial charge is 0.175 e. The van der Waals surface area contributed by atoms with Gasteiger partial charge >= 0.3 is 0 Å². The number of hydrogen-bond donors (Lipinski definition) is 0. The van der Waals surface area contributed by atoms with Crippen molar-refractivity contribution in [3.8, 4) is 0 Å². The van der Waals surface area contributed by atoms with Gasteiger partial charge in [-0.05, 0) is 19.4 Å². The molecule has 0 amide bonds. The van der Waals surface area contributed by atoms with Gasteiger partial charge in [-0.15, -0.1) is 10.2 Å². The van der Waals surface area contributed by atoms with E-state index in [-0.39, 0.29) is 0 Å². The van der Waals surface area contributed by atoms with E-state index in [0.717, 1.165) is 25.3 Å². The number of rotatable bonds is 1. The average Bonchev–Trinajstić information content (AvgIpc) is 2.79. The summed E-state index contributed by atoms with van der Waals surface area (Å²) < 4.78 is 0. The first-order valence-electron chi connectivity index (χ1n) is 5.92. The highest BCUT2D eigenvalue weighted by atomic mass is 35.5. The number of anilines is 1. The second-order valence-corrected chi connectivity index (χ2v) is 5.37. The summed E-state index contributed by atoms with van der Waals surface area (Å²) in [5.74, 6) is 0. The number of aromatic nitrogens is 2. The summed E-state index contributed by atoms with van der Waals surface area (Å²) in [6.07, 6.45) is 2.59. The fourth-order valence-corrected chi connectivity index (χ4v) is 3.13. The molecule has 1 atom stereocenters. The average molecular weight is 273 g/mol. The molecule has 2 saturated heterocycles. The van der Waals surface area contributed by atoms with E-state index < -0.39 is 0 Å². The number of halogens is 2. The van der Waals surface area contributed by atoms with Crippen LogP contribution in [0.15, 0.2) is 6.07 Å². The minimum absolute atomic E-state index is 0.401. The van der Waals surface area contributed by atoms with Crippen LogP contribution >= 0.6 is 23.2 Å². The van der Waals surface area contributed by atoms with Crippen LogP contribution in [0.4, 0.5) is 5.69 Å². The molecule has 3 heterocycles. The molecule has 1 aromatic heterocycles. The van der Waals surface area contributed by atoms with Crippen molar-refractivity contribution in [1.29, 1.82) is 0 Å². The summed E-state index contributed by atoms with van der Waals surface area (Å²) in [5.41, 5.74) is 0.915. The molecular formula is C11H14Cl2N4. The lowest BCUT2D eigenvalue weighted by Gasteiger charge is -2.38. The Morgan fingerprint density at radius 2 is 2.06 bits per heavy atom. The Balaban J connectivity index is 1.82. The predicted molar refractivity (Wildman–Crippen MR) is 68.9 cm³/mol. The zero-order valence-electron chi connectivity index (χ0n) is 9.44. The van der Waals surface area contributed by atoms with E-state index in [1.165, 1.54) is 19.4 Å². The van der Waals surface area contributed by atoms with Crippen molar-refractivity contribution < 1.29 is 0 Å². The van der Waals surface area contributed by atoms with Crippen LogP contribution in [-0.2, 0) is 0 Å². The van der Waals surface area contributed by atoms with Crippen LogP contribution in [0.3, 0.4) is 0 Å². The zero-order chi connectivity index (χ0) is 11.8. The first-order valence-corrected chi connectivity index (χ1v) is 6.67. The topological polar surface area (TPSA) is 32.3 Å². The van der Waals surface area contributed by atoms with Gasteiger partial charge in [0.05, 0.1) is 5.69 Å². The Morgan fingerprint density at radius 1 is 1.18 bits per heavy atom. The third kappa shape index (κ3) is 2.21. The summed E-state index contributed by atoms with van der Waals surface area (Å²) in [4.78, 5) is 4.83. The molecule has 6 heteroatoms. The molecule has 3 rings (SSSR count). The molecule has 2 fully saturated rings. The molecule has 92 valence electrons. The summed E-state index contributed by atoms with van der Waals surface area (Å²) in [7, 11) is 0. The Bertz CT molecular complexity index is 426. The molecule has 0 radical (unpaired) electrons. The van der Waals surface area contributed by atoms with Crippen LogP contribution in [0.25, 0.3) is 0 Å². The van der Waals surface area contributed by atoms with Crippen LogP contribution in [-0.4, -0.2) is 47.3 Å². The standard InChI is InChI=1S/C11H14Cl2N4/c12-10-6-9(11(13)15-14-10)17-5-4-16-3-1-2-8(16)7-17/h6,8H,1-5,7H2. The van der Waals surface area contributed by atoms with Crippen molar-refractivity contribution >= 4 is 28.9 Å². The Hall–Kier alpha value is -0.580. The minimum Gasteiger partial charge on any atom is -0.366 e. The summed E-state index contributed by atoms with van der Waals surface area (Å²) in [6.45, 7) is 4.34. The van der Waals surface area contributed by atoms with E-state index >= 15 is 0 Å². The number of fused-ring (bicyclic) bond motifs is 1. The normalized spacial score (nSPS) is 25.1. The van der Waals surface area contributed by atoms with Crippen molar-refractivity contribution in [2.45, 2.75) is 18.9 Å². The van der Waals surface area contributed by atoms with Crippen LogP contribution in [0, 0.1) is 0 Å². The number of nitrogens with zero attached hydrogens (tertiary/aromatic N) is 4. The Kier molecular flexibility index (Phi) is 3.11. The molecule has 0 aromatic carbocycles. The fraction of sp³-hybridized carbons (Fsp3) is 0.636. The molecule has 17 heavy (non-hydrogen) atoms. The molecule has 0 bridgehead atoms. The molecule has 4 nitrogen and oxygen atoms in total. The quantitative estimate of drug-likeness (QED) is 0.784. The lowest BCUT2D eigenvalue weighted by molar-refractivity contribution is 0.231. The monoisotopic (exact) mass is 272 g/mol. The van der Waals surface area contributed by atoms with Gasteiger partial charge in [-0.3, -0.25) is 4.90 Å². The molecule has 0 N–H and O–H groups in total. The molecule has 0 spiro atoms. The van der Waals surface area contributed by atoms with E-state index in [1.807, 2.05) is 6.07 Å². The highest BCUT2D eigenvalue weighted by Crippen LogP contribution is 2.30. The van der Waals surface area contributed by atoms with Gasteiger partial charge in [-0.1, -0.05) is 23.2 Å². The van der Waals surface area contributed by atoms with Crippen LogP contribution < -0.4 is 4.90 Å². The summed E-state index contributed by atoms with van der Waals surface area (Å²) in [5, 5.41) is 8.46. The lowest BCUT2D eigenvalue weighted by Crippen LogP contribution is -2.50. The van der Waals surface area contributed by atoms with Gasteiger partial charge in [-0.2, -0.15) is 0 Å². The van der Waals surface area contributed by atoms with E-state index in [9.17, 15) is 0 Å². The number of piperazine rings is 1. The zero-order valence-corrected chi connectivity index (χ0v) is 11.0. The minimum atomic E-state index is 0.401. The molecule has 0 aliphatic carbocycles. The van der Waals surface area contributed by atoms with Crippen molar-refractivity contribution in [1.82, 2.24) is 15.1 Å². The molecule has 2 aliphatic rings. The summed E-state index contributed by atoms with van der Waals surface area (Å²) >= 11 is 12.0. The molecule has 2 aliphatic heterocycles. The van der Waals surface area contributed by atoms with E-state index in [0.29, 0.717) is 16.3 Å². The molecule has 1 unspecified atom stereocenters. The van der Waals surface area contributed by atoms with E-state index in [2.05, 4.69) is 20.0 Å². The van der Waals surface area contributed by atoms with Crippen LogP contribution in [0.1, 0.15) is 12.8 Å². The first kappa shape index (κ1) is 11.5. The Morgan fingerprint density at radius 3 is 2.94 bits per heavy atom. The van der Waals surface area contributed by atoms with Crippen LogP contribution in [0.5, 0.6) is 0 Å². The van der Waals surface area contributed by atoms with E-state index in [1.54, 1.807) is 0 Å². The number of hydrogen-bond acceptors (Lipinski definition) is 4. The van der Waals surface area contributed by atoms with Crippen molar-refractivity contribution in [2.24, 2.45) is 0 Å². The molecule has 0 saturated carbocycles. The molecular weight excluding hydrogens is 259 g/mol. The largest absolute Gasteiger partial charge is 0.366 e. The maximum Gasteiger partial charge on any atom is 0.175 e. The third-order valence-electron chi connectivity index (χ3n) is 3.63. The predicted octanol–water partition coefficient (Wildman–Crippen LogP) is 2.07.